The molecule has 4 fully saturated rings. The van der Waals surface area contributed by atoms with Crippen molar-refractivity contribution in [1.82, 2.24) is 20.0 Å². The summed E-state index contributed by atoms with van der Waals surface area (Å²) in [7, 11) is 0. The van der Waals surface area contributed by atoms with Gasteiger partial charge in [-0.1, -0.05) is 51.1 Å². The number of nitrogens with zero attached hydrogens (tertiary/aromatic N) is 5. The number of hydrogen-bond donors (Lipinski definition) is 1. The van der Waals surface area contributed by atoms with Gasteiger partial charge in [0, 0.05) is 72.2 Å². The van der Waals surface area contributed by atoms with E-state index in [2.05, 4.69) is 60.7 Å². The molecule has 0 spiro atoms. The molecule has 3 aromatic carbocycles. The largest absolute Gasteiger partial charge is 0.489 e. The van der Waals surface area contributed by atoms with Crippen LogP contribution in [0.5, 0.6) is 5.75 Å². The summed E-state index contributed by atoms with van der Waals surface area (Å²) < 4.78 is 22.0. The SMILES string of the molecule is CC1(C)C(Oc2ccc(C#N)c(Cl)c2)C(C)(C)C1N1Cc2cc(C#CC3CCN(C4CN(c5ccc6c(c5)C(=O)N(C5CCC(=O)NC5=O)C6=O)C4)CC3)c(F)cc2C1=O. The second kappa shape index (κ2) is 14.5. The Balaban J connectivity index is 0.791. The lowest BCUT2D eigenvalue weighted by molar-refractivity contribution is -0.199. The van der Waals surface area contributed by atoms with Crippen molar-refractivity contribution in [2.45, 2.75) is 84.2 Å². The van der Waals surface area contributed by atoms with Crippen molar-refractivity contribution in [2.24, 2.45) is 16.7 Å². The zero-order chi connectivity index (χ0) is 42.4. The average Bonchev–Trinajstić information content (AvgIpc) is 3.62. The van der Waals surface area contributed by atoms with E-state index in [9.17, 15) is 29.2 Å². The summed E-state index contributed by atoms with van der Waals surface area (Å²) in [5.74, 6) is 4.32. The summed E-state index contributed by atoms with van der Waals surface area (Å²) in [6.07, 6.45) is 1.62. The summed E-state index contributed by atoms with van der Waals surface area (Å²) in [6, 6.07) is 14.5. The number of benzene rings is 3. The third-order valence-electron chi connectivity index (χ3n) is 13.5. The summed E-state index contributed by atoms with van der Waals surface area (Å²) in [5, 5.41) is 11.8. The van der Waals surface area contributed by atoms with Crippen molar-refractivity contribution in [3.8, 4) is 23.7 Å². The fraction of sp³-hybridized carbons (Fsp3) is 0.435. The highest BCUT2D eigenvalue weighted by molar-refractivity contribution is 6.31. The lowest BCUT2D eigenvalue weighted by Gasteiger charge is -2.65. The van der Waals surface area contributed by atoms with Crippen LogP contribution in [0.4, 0.5) is 10.1 Å². The molecule has 1 aliphatic carbocycles. The van der Waals surface area contributed by atoms with Gasteiger partial charge in [0.05, 0.1) is 27.3 Å². The molecule has 12 nitrogen and oxygen atoms in total. The first-order valence-electron chi connectivity index (χ1n) is 20.4. The molecule has 1 N–H and O–H groups in total. The van der Waals surface area contributed by atoms with E-state index in [-0.39, 0.29) is 47.9 Å². The first kappa shape index (κ1) is 39.7. The third-order valence-corrected chi connectivity index (χ3v) is 13.8. The zero-order valence-corrected chi connectivity index (χ0v) is 34.6. The number of carbonyl (C=O) groups is 5. The molecular formula is C46H44ClFN6O6. The van der Waals surface area contributed by atoms with E-state index in [1.165, 1.54) is 6.07 Å². The normalized spacial score (nSPS) is 24.9. The maximum absolute atomic E-state index is 15.5. The highest BCUT2D eigenvalue weighted by atomic mass is 35.5. The zero-order valence-electron chi connectivity index (χ0n) is 33.8. The first-order valence-corrected chi connectivity index (χ1v) is 20.8. The predicted octanol–water partition coefficient (Wildman–Crippen LogP) is 5.54. The van der Waals surface area contributed by atoms with Crippen LogP contribution >= 0.6 is 11.6 Å². The summed E-state index contributed by atoms with van der Waals surface area (Å²) in [4.78, 5) is 71.7. The molecule has 3 saturated heterocycles. The van der Waals surface area contributed by atoms with E-state index in [0.717, 1.165) is 55.2 Å². The number of halogens is 2. The molecular weight excluding hydrogens is 787 g/mol. The average molecular weight is 831 g/mol. The number of rotatable bonds is 6. The highest BCUT2D eigenvalue weighted by Gasteiger charge is 2.67. The van der Waals surface area contributed by atoms with Crippen LogP contribution in [0.15, 0.2) is 48.5 Å². The molecule has 3 aromatic rings. The summed E-state index contributed by atoms with van der Waals surface area (Å²) in [6.45, 7) is 11.9. The Morgan fingerprint density at radius 1 is 0.850 bits per heavy atom. The number of carbonyl (C=O) groups excluding carboxylic acids is 5. The Morgan fingerprint density at radius 2 is 1.57 bits per heavy atom. The Morgan fingerprint density at radius 3 is 2.25 bits per heavy atom. The van der Waals surface area contributed by atoms with Gasteiger partial charge in [0.2, 0.25) is 11.8 Å². The molecule has 0 aromatic heterocycles. The second-order valence-corrected chi connectivity index (χ2v) is 18.4. The molecule has 5 amide bonds. The Hall–Kier alpha value is -5.76. The molecule has 5 heterocycles. The van der Waals surface area contributed by atoms with Crippen LogP contribution in [0.2, 0.25) is 5.02 Å². The Bertz CT molecular complexity index is 2490. The molecule has 14 heteroatoms. The number of imide groups is 2. The van der Waals surface area contributed by atoms with Crippen molar-refractivity contribution >= 4 is 46.8 Å². The smallest absolute Gasteiger partial charge is 0.262 e. The molecule has 0 bridgehead atoms. The van der Waals surface area contributed by atoms with E-state index in [1.807, 2.05) is 11.0 Å². The van der Waals surface area contributed by atoms with E-state index >= 15 is 4.39 Å². The number of fused-ring (bicyclic) bond motifs is 2. The third kappa shape index (κ3) is 6.41. The van der Waals surface area contributed by atoms with Crippen LogP contribution in [0.25, 0.3) is 0 Å². The lowest BCUT2D eigenvalue weighted by Crippen LogP contribution is -2.74. The number of nitrogens with one attached hydrogen (secondary N) is 1. The predicted molar refractivity (Wildman–Crippen MR) is 218 cm³/mol. The van der Waals surface area contributed by atoms with Gasteiger partial charge in [-0.3, -0.25) is 39.1 Å². The first-order chi connectivity index (χ1) is 28.6. The van der Waals surface area contributed by atoms with Gasteiger partial charge >= 0.3 is 0 Å². The lowest BCUT2D eigenvalue weighted by atomic mass is 9.49. The van der Waals surface area contributed by atoms with Gasteiger partial charge in [-0.25, -0.2) is 4.39 Å². The van der Waals surface area contributed by atoms with E-state index in [4.69, 9.17) is 16.3 Å². The van der Waals surface area contributed by atoms with Gasteiger partial charge in [-0.2, -0.15) is 5.26 Å². The molecule has 5 aliphatic heterocycles. The maximum Gasteiger partial charge on any atom is 0.262 e. The minimum Gasteiger partial charge on any atom is -0.489 e. The molecule has 1 unspecified atom stereocenters. The van der Waals surface area contributed by atoms with Crippen LogP contribution in [0.1, 0.15) is 101 Å². The van der Waals surface area contributed by atoms with Gasteiger partial charge in [0.25, 0.3) is 17.7 Å². The van der Waals surface area contributed by atoms with Crippen LogP contribution in [0.3, 0.4) is 0 Å². The number of anilines is 1. The number of likely N-dealkylation sites (tertiary alicyclic amines) is 1. The molecule has 9 rings (SSSR count). The van der Waals surface area contributed by atoms with Gasteiger partial charge in [-0.05, 0) is 80.4 Å². The number of ether oxygens (including phenoxy) is 1. The monoisotopic (exact) mass is 830 g/mol. The van der Waals surface area contributed by atoms with Crippen molar-refractivity contribution in [2.75, 3.05) is 31.1 Å². The number of hydrogen-bond acceptors (Lipinski definition) is 9. The van der Waals surface area contributed by atoms with Crippen LogP contribution in [-0.2, 0) is 16.1 Å². The number of nitriles is 1. The molecule has 6 aliphatic rings. The molecule has 60 heavy (non-hydrogen) atoms. The Kier molecular flexibility index (Phi) is 9.56. The maximum atomic E-state index is 15.5. The van der Waals surface area contributed by atoms with Gasteiger partial charge in [0.15, 0.2) is 0 Å². The van der Waals surface area contributed by atoms with Crippen LogP contribution in [0, 0.1) is 45.7 Å². The topological polar surface area (TPSA) is 143 Å². The second-order valence-electron chi connectivity index (χ2n) is 18.0. The van der Waals surface area contributed by atoms with Crippen molar-refractivity contribution in [1.29, 1.82) is 5.26 Å². The minimum atomic E-state index is -0.999. The molecule has 308 valence electrons. The van der Waals surface area contributed by atoms with E-state index in [1.54, 1.807) is 36.4 Å². The molecule has 1 saturated carbocycles. The Labute approximate surface area is 352 Å². The fourth-order valence-corrected chi connectivity index (χ4v) is 11.0. The number of amides is 5. The molecule has 1 atom stereocenters. The fourth-order valence-electron chi connectivity index (χ4n) is 10.8. The number of piperidine rings is 2. The molecule has 0 radical (unpaired) electrons. The van der Waals surface area contributed by atoms with Crippen LogP contribution in [-0.4, -0.2) is 94.6 Å². The van der Waals surface area contributed by atoms with Crippen molar-refractivity contribution in [3.05, 3.63) is 92.8 Å². The van der Waals surface area contributed by atoms with Crippen LogP contribution < -0.4 is 15.0 Å². The summed E-state index contributed by atoms with van der Waals surface area (Å²) in [5.41, 5.74) is 2.27. The van der Waals surface area contributed by atoms with Gasteiger partial charge < -0.3 is 14.5 Å². The highest BCUT2D eigenvalue weighted by Crippen LogP contribution is 2.59. The summed E-state index contributed by atoms with van der Waals surface area (Å²) >= 11 is 6.27. The van der Waals surface area contributed by atoms with Gasteiger partial charge in [0.1, 0.15) is 29.8 Å². The van der Waals surface area contributed by atoms with E-state index in [0.29, 0.717) is 40.0 Å². The van der Waals surface area contributed by atoms with Crippen molar-refractivity contribution < 1.29 is 33.1 Å². The van der Waals surface area contributed by atoms with Crippen molar-refractivity contribution in [3.63, 3.8) is 0 Å². The standard InChI is InChI=1S/C46H44ClFN6O6/c1-45(2)43(46(3,4)44(45)60-31-9-7-27(21-49)35(47)19-31)53-22-28-17-26(36(48)20-33(28)40(53)57)6-5-25-13-15-51(16-14-25)30-23-52(24-30)29-8-10-32-34(18-29)42(59)54(41(32)58)37-11-12-38(55)50-39(37)56/h7-10,17-20,25,30,37,43-44H,11-16,22-24H2,1-4H3,(H,50,55,56). The quantitative estimate of drug-likeness (QED) is 0.250. The van der Waals surface area contributed by atoms with E-state index < -0.39 is 46.3 Å². The van der Waals surface area contributed by atoms with Gasteiger partial charge in [-0.15, -0.1) is 0 Å². The minimum absolute atomic E-state index is 0.0711.